The standard InChI is InChI=1S/C23H22N4O/c1-16-8-10-18(11-9-16)15-27-21(26-20-7-4-12-24-22(20)27)14-25-23(28)19-6-3-5-17(2)13-19/h3-13H,14-15H2,1-2H3,(H,25,28). The molecule has 0 fully saturated rings. The van der Waals surface area contributed by atoms with Gasteiger partial charge in [-0.2, -0.15) is 0 Å². The van der Waals surface area contributed by atoms with Gasteiger partial charge >= 0.3 is 0 Å². The van der Waals surface area contributed by atoms with E-state index in [0.29, 0.717) is 18.7 Å². The zero-order valence-electron chi connectivity index (χ0n) is 16.0. The van der Waals surface area contributed by atoms with Crippen molar-refractivity contribution in [2.24, 2.45) is 0 Å². The number of fused-ring (bicyclic) bond motifs is 1. The van der Waals surface area contributed by atoms with Crippen molar-refractivity contribution in [3.05, 3.63) is 94.9 Å². The second-order valence-electron chi connectivity index (χ2n) is 7.00. The van der Waals surface area contributed by atoms with E-state index in [1.54, 1.807) is 6.20 Å². The summed E-state index contributed by atoms with van der Waals surface area (Å²) in [5.41, 5.74) is 5.75. The van der Waals surface area contributed by atoms with Crippen LogP contribution in [0.15, 0.2) is 66.9 Å². The molecule has 0 radical (unpaired) electrons. The third-order valence-corrected chi connectivity index (χ3v) is 4.73. The third kappa shape index (κ3) is 3.78. The van der Waals surface area contributed by atoms with Crippen LogP contribution in [0.25, 0.3) is 11.2 Å². The summed E-state index contributed by atoms with van der Waals surface area (Å²) in [5, 5.41) is 2.99. The Morgan fingerprint density at radius 2 is 1.82 bits per heavy atom. The van der Waals surface area contributed by atoms with E-state index in [1.807, 2.05) is 43.3 Å². The van der Waals surface area contributed by atoms with Gasteiger partial charge in [-0.05, 0) is 43.7 Å². The number of aryl methyl sites for hydroxylation is 2. The first-order valence-electron chi connectivity index (χ1n) is 9.31. The Bertz CT molecular complexity index is 1130. The van der Waals surface area contributed by atoms with E-state index in [2.05, 4.69) is 46.1 Å². The molecule has 0 spiro atoms. The van der Waals surface area contributed by atoms with Crippen LogP contribution in [0, 0.1) is 13.8 Å². The van der Waals surface area contributed by atoms with Gasteiger partial charge in [0.15, 0.2) is 5.65 Å². The number of carbonyl (C=O) groups is 1. The lowest BCUT2D eigenvalue weighted by molar-refractivity contribution is 0.0949. The minimum absolute atomic E-state index is 0.106. The van der Waals surface area contributed by atoms with Crippen molar-refractivity contribution in [1.29, 1.82) is 0 Å². The second kappa shape index (κ2) is 7.64. The van der Waals surface area contributed by atoms with Crippen LogP contribution in [0.2, 0.25) is 0 Å². The van der Waals surface area contributed by atoms with Crippen molar-refractivity contribution in [2.75, 3.05) is 0 Å². The van der Waals surface area contributed by atoms with Gasteiger partial charge in [-0.3, -0.25) is 4.79 Å². The fourth-order valence-corrected chi connectivity index (χ4v) is 3.23. The molecule has 0 atom stereocenters. The van der Waals surface area contributed by atoms with Gasteiger partial charge in [0.2, 0.25) is 0 Å². The number of amides is 1. The van der Waals surface area contributed by atoms with E-state index in [1.165, 1.54) is 11.1 Å². The van der Waals surface area contributed by atoms with Gasteiger partial charge in [0, 0.05) is 11.8 Å². The summed E-state index contributed by atoms with van der Waals surface area (Å²) in [6, 6.07) is 19.8. The fraction of sp³-hybridized carbons (Fsp3) is 0.174. The van der Waals surface area contributed by atoms with Crippen LogP contribution in [-0.4, -0.2) is 20.4 Å². The van der Waals surface area contributed by atoms with Gasteiger partial charge in [-0.1, -0.05) is 47.5 Å². The molecule has 0 aliphatic carbocycles. The SMILES string of the molecule is Cc1ccc(Cn2c(CNC(=O)c3cccc(C)c3)nc3cccnc32)cc1. The summed E-state index contributed by atoms with van der Waals surface area (Å²) in [5.74, 6) is 0.681. The quantitative estimate of drug-likeness (QED) is 0.577. The first-order valence-corrected chi connectivity index (χ1v) is 9.31. The Labute approximate surface area is 164 Å². The minimum Gasteiger partial charge on any atom is -0.345 e. The maximum Gasteiger partial charge on any atom is 0.251 e. The van der Waals surface area contributed by atoms with Crippen molar-refractivity contribution in [3.8, 4) is 0 Å². The Kier molecular flexibility index (Phi) is 4.89. The van der Waals surface area contributed by atoms with Crippen molar-refractivity contribution in [3.63, 3.8) is 0 Å². The lowest BCUT2D eigenvalue weighted by Crippen LogP contribution is -2.25. The van der Waals surface area contributed by atoms with Crippen molar-refractivity contribution in [1.82, 2.24) is 19.9 Å². The number of rotatable bonds is 5. The zero-order valence-corrected chi connectivity index (χ0v) is 16.0. The molecule has 1 N–H and O–H groups in total. The molecule has 28 heavy (non-hydrogen) atoms. The van der Waals surface area contributed by atoms with Crippen LogP contribution < -0.4 is 5.32 Å². The second-order valence-corrected chi connectivity index (χ2v) is 7.00. The predicted molar refractivity (Wildman–Crippen MR) is 110 cm³/mol. The van der Waals surface area contributed by atoms with E-state index >= 15 is 0 Å². The highest BCUT2D eigenvalue weighted by Crippen LogP contribution is 2.16. The Balaban J connectivity index is 1.61. The summed E-state index contributed by atoms with van der Waals surface area (Å²) >= 11 is 0. The Hall–Kier alpha value is -3.47. The average Bonchev–Trinajstić information content (AvgIpc) is 3.05. The van der Waals surface area contributed by atoms with E-state index in [4.69, 9.17) is 4.98 Å². The van der Waals surface area contributed by atoms with Crippen LogP contribution in [-0.2, 0) is 13.1 Å². The lowest BCUT2D eigenvalue weighted by Gasteiger charge is -2.10. The van der Waals surface area contributed by atoms with Crippen molar-refractivity contribution in [2.45, 2.75) is 26.9 Å². The summed E-state index contributed by atoms with van der Waals surface area (Å²) < 4.78 is 2.07. The molecule has 5 heteroatoms. The van der Waals surface area contributed by atoms with Gasteiger partial charge < -0.3 is 9.88 Å². The van der Waals surface area contributed by atoms with Gasteiger partial charge in [-0.25, -0.2) is 9.97 Å². The molecule has 4 aromatic rings. The molecule has 0 bridgehead atoms. The maximum absolute atomic E-state index is 12.5. The maximum atomic E-state index is 12.5. The first kappa shape index (κ1) is 17.9. The molecule has 4 rings (SSSR count). The number of hydrogen-bond acceptors (Lipinski definition) is 3. The summed E-state index contributed by atoms with van der Waals surface area (Å²) in [6.07, 6.45) is 1.77. The van der Waals surface area contributed by atoms with E-state index in [-0.39, 0.29) is 5.91 Å². The summed E-state index contributed by atoms with van der Waals surface area (Å²) in [6.45, 7) is 5.05. The van der Waals surface area contributed by atoms with Crippen LogP contribution in [0.4, 0.5) is 0 Å². The molecule has 0 saturated heterocycles. The molecule has 0 saturated carbocycles. The normalized spacial score (nSPS) is 10.9. The summed E-state index contributed by atoms with van der Waals surface area (Å²) in [4.78, 5) is 21.7. The molecule has 0 aliphatic heterocycles. The largest absolute Gasteiger partial charge is 0.345 e. The third-order valence-electron chi connectivity index (χ3n) is 4.73. The topological polar surface area (TPSA) is 59.8 Å². The molecule has 140 valence electrons. The molecule has 0 aliphatic rings. The van der Waals surface area contributed by atoms with Gasteiger partial charge in [0.1, 0.15) is 11.3 Å². The van der Waals surface area contributed by atoms with Gasteiger partial charge in [0.05, 0.1) is 13.1 Å². The zero-order chi connectivity index (χ0) is 19.5. The van der Waals surface area contributed by atoms with Crippen LogP contribution in [0.3, 0.4) is 0 Å². The molecular formula is C23H22N4O. The highest BCUT2D eigenvalue weighted by Gasteiger charge is 2.14. The predicted octanol–water partition coefficient (Wildman–Crippen LogP) is 4.03. The molecule has 5 nitrogen and oxygen atoms in total. The highest BCUT2D eigenvalue weighted by molar-refractivity contribution is 5.94. The number of nitrogens with one attached hydrogen (secondary N) is 1. The van der Waals surface area contributed by atoms with E-state index in [0.717, 1.165) is 22.6 Å². The van der Waals surface area contributed by atoms with Gasteiger partial charge in [-0.15, -0.1) is 0 Å². The number of hydrogen-bond donors (Lipinski definition) is 1. The van der Waals surface area contributed by atoms with Crippen molar-refractivity contribution >= 4 is 17.1 Å². The lowest BCUT2D eigenvalue weighted by atomic mass is 10.1. The molecule has 2 aromatic heterocycles. The van der Waals surface area contributed by atoms with Gasteiger partial charge in [0.25, 0.3) is 5.91 Å². The molecule has 1 amide bonds. The Morgan fingerprint density at radius 3 is 2.61 bits per heavy atom. The number of benzene rings is 2. The number of imidazole rings is 1. The smallest absolute Gasteiger partial charge is 0.251 e. The average molecular weight is 370 g/mol. The number of nitrogens with zero attached hydrogens (tertiary/aromatic N) is 3. The monoisotopic (exact) mass is 370 g/mol. The minimum atomic E-state index is -0.106. The van der Waals surface area contributed by atoms with E-state index in [9.17, 15) is 4.79 Å². The van der Waals surface area contributed by atoms with Crippen molar-refractivity contribution < 1.29 is 4.79 Å². The first-order chi connectivity index (χ1) is 13.6. The Morgan fingerprint density at radius 1 is 1.00 bits per heavy atom. The van der Waals surface area contributed by atoms with Crippen LogP contribution >= 0.6 is 0 Å². The number of pyridine rings is 1. The fourth-order valence-electron chi connectivity index (χ4n) is 3.23. The van der Waals surface area contributed by atoms with E-state index < -0.39 is 0 Å². The summed E-state index contributed by atoms with van der Waals surface area (Å²) in [7, 11) is 0. The molecule has 2 heterocycles. The molecule has 2 aromatic carbocycles. The van der Waals surface area contributed by atoms with Crippen LogP contribution in [0.1, 0.15) is 32.9 Å². The van der Waals surface area contributed by atoms with Crippen LogP contribution in [0.5, 0.6) is 0 Å². The highest BCUT2D eigenvalue weighted by atomic mass is 16.1. The number of carbonyl (C=O) groups excluding carboxylic acids is 1. The number of aromatic nitrogens is 3. The molecule has 0 unspecified atom stereocenters. The molecular weight excluding hydrogens is 348 g/mol.